The largest absolute Gasteiger partial charge is 0.484 e. The molecule has 0 saturated carbocycles. The van der Waals surface area contributed by atoms with Crippen LogP contribution < -0.4 is 10.1 Å². The van der Waals surface area contributed by atoms with Gasteiger partial charge in [-0.2, -0.15) is 13.2 Å². The van der Waals surface area contributed by atoms with Gasteiger partial charge in [-0.25, -0.2) is 0 Å². The minimum absolute atomic E-state index is 0.160. The molecule has 1 unspecified atom stereocenters. The quantitative estimate of drug-likeness (QED) is 0.877. The molecule has 0 bridgehead atoms. The zero-order valence-electron chi connectivity index (χ0n) is 12.0. The van der Waals surface area contributed by atoms with Crippen molar-refractivity contribution in [2.75, 3.05) is 18.5 Å². The third kappa shape index (κ3) is 3.81. The number of rotatable bonds is 2. The summed E-state index contributed by atoms with van der Waals surface area (Å²) < 4.78 is 41.3. The Morgan fingerprint density at radius 3 is 2.55 bits per heavy atom. The summed E-state index contributed by atoms with van der Waals surface area (Å²) >= 11 is 0. The molecule has 1 atom stereocenters. The first kappa shape index (κ1) is 15.0. The fourth-order valence-corrected chi connectivity index (χ4v) is 2.35. The van der Waals surface area contributed by atoms with E-state index in [9.17, 15) is 13.2 Å². The number of ether oxygens (including phenoxy) is 1. The monoisotopic (exact) mass is 287 g/mol. The van der Waals surface area contributed by atoms with E-state index in [2.05, 4.69) is 26.1 Å². The van der Waals surface area contributed by atoms with Crippen molar-refractivity contribution in [1.82, 2.24) is 0 Å². The zero-order valence-corrected chi connectivity index (χ0v) is 12.0. The lowest BCUT2D eigenvalue weighted by Gasteiger charge is -2.35. The Bertz CT molecular complexity index is 477. The van der Waals surface area contributed by atoms with E-state index < -0.39 is 12.8 Å². The number of anilines is 1. The fraction of sp³-hybridized carbons (Fsp3) is 0.600. The molecule has 5 heteroatoms. The molecule has 1 aliphatic heterocycles. The van der Waals surface area contributed by atoms with E-state index >= 15 is 0 Å². The number of fused-ring (bicyclic) bond motifs is 1. The third-order valence-corrected chi connectivity index (χ3v) is 3.71. The van der Waals surface area contributed by atoms with Gasteiger partial charge in [0.05, 0.1) is 0 Å². The van der Waals surface area contributed by atoms with Gasteiger partial charge in [-0.05, 0) is 41.5 Å². The summed E-state index contributed by atoms with van der Waals surface area (Å²) in [5.41, 5.74) is 2.17. The number of nitrogens with one attached hydrogen (secondary N) is 1. The number of benzene rings is 1. The van der Waals surface area contributed by atoms with Gasteiger partial charge in [0.2, 0.25) is 0 Å². The van der Waals surface area contributed by atoms with E-state index in [1.165, 1.54) is 0 Å². The number of halogens is 3. The minimum atomic E-state index is -4.30. The number of hydrogen-bond acceptors (Lipinski definition) is 2. The van der Waals surface area contributed by atoms with Crippen molar-refractivity contribution in [2.24, 2.45) is 11.3 Å². The van der Waals surface area contributed by atoms with Crippen LogP contribution in [0.5, 0.6) is 5.75 Å². The van der Waals surface area contributed by atoms with Gasteiger partial charge in [0, 0.05) is 12.2 Å². The molecule has 1 aromatic carbocycles. The molecule has 0 aromatic heterocycles. The summed E-state index contributed by atoms with van der Waals surface area (Å²) in [6.07, 6.45) is -3.45. The average molecular weight is 287 g/mol. The lowest BCUT2D eigenvalue weighted by atomic mass is 9.75. The van der Waals surface area contributed by atoms with Crippen molar-refractivity contribution in [3.63, 3.8) is 0 Å². The van der Waals surface area contributed by atoms with Crippen molar-refractivity contribution in [3.8, 4) is 5.75 Å². The van der Waals surface area contributed by atoms with Crippen molar-refractivity contribution < 1.29 is 17.9 Å². The Morgan fingerprint density at radius 2 is 1.95 bits per heavy atom. The molecule has 0 radical (unpaired) electrons. The van der Waals surface area contributed by atoms with Crippen molar-refractivity contribution in [2.45, 2.75) is 33.4 Å². The second-order valence-corrected chi connectivity index (χ2v) is 6.37. The van der Waals surface area contributed by atoms with Crippen LogP contribution in [0.2, 0.25) is 0 Å². The van der Waals surface area contributed by atoms with Gasteiger partial charge in [-0.3, -0.25) is 0 Å². The summed E-state index contributed by atoms with van der Waals surface area (Å²) in [5, 5.41) is 3.34. The van der Waals surface area contributed by atoms with Crippen molar-refractivity contribution >= 4 is 5.69 Å². The van der Waals surface area contributed by atoms with Crippen LogP contribution in [0.1, 0.15) is 26.3 Å². The first-order chi connectivity index (χ1) is 9.15. The van der Waals surface area contributed by atoms with E-state index in [-0.39, 0.29) is 11.2 Å². The highest BCUT2D eigenvalue weighted by Gasteiger charge is 2.30. The van der Waals surface area contributed by atoms with Crippen molar-refractivity contribution in [1.29, 1.82) is 0 Å². The first-order valence-electron chi connectivity index (χ1n) is 6.71. The maximum Gasteiger partial charge on any atom is 0.422 e. The van der Waals surface area contributed by atoms with Gasteiger partial charge in [0.15, 0.2) is 6.61 Å². The Hall–Kier alpha value is -1.39. The highest BCUT2D eigenvalue weighted by atomic mass is 19.4. The highest BCUT2D eigenvalue weighted by molar-refractivity contribution is 5.56. The molecule has 1 aromatic rings. The molecule has 112 valence electrons. The normalized spacial score (nSPS) is 19.2. The van der Waals surface area contributed by atoms with E-state index in [0.717, 1.165) is 24.2 Å². The number of hydrogen-bond donors (Lipinski definition) is 1. The summed E-state index contributed by atoms with van der Waals surface area (Å²) in [6.45, 7) is 6.16. The molecular weight excluding hydrogens is 267 g/mol. The second-order valence-electron chi connectivity index (χ2n) is 6.37. The van der Waals surface area contributed by atoms with Crippen LogP contribution in [0.4, 0.5) is 18.9 Å². The summed E-state index contributed by atoms with van der Waals surface area (Å²) in [7, 11) is 0. The van der Waals surface area contributed by atoms with Crippen LogP contribution in [0.3, 0.4) is 0 Å². The number of alkyl halides is 3. The first-order valence-corrected chi connectivity index (χ1v) is 6.71. The van der Waals surface area contributed by atoms with Crippen LogP contribution >= 0.6 is 0 Å². The molecule has 0 spiro atoms. The van der Waals surface area contributed by atoms with Gasteiger partial charge in [0.25, 0.3) is 0 Å². The molecular formula is C15H20F3NO. The molecule has 0 fully saturated rings. The lowest BCUT2D eigenvalue weighted by Crippen LogP contribution is -2.33. The Morgan fingerprint density at radius 1 is 1.25 bits per heavy atom. The summed E-state index contributed by atoms with van der Waals surface area (Å²) in [5.74, 6) is 0.727. The standard InChI is InChI=1S/C15H20F3NO/c1-14(2,3)11-6-10-7-12(20-9-15(16,17)18)4-5-13(10)19-8-11/h4-5,7,11,19H,6,8-9H2,1-3H3. The molecule has 1 aliphatic rings. The average Bonchev–Trinajstić information content (AvgIpc) is 2.33. The molecule has 0 aliphatic carbocycles. The Kier molecular flexibility index (Phi) is 3.89. The zero-order chi connectivity index (χ0) is 15.0. The van der Waals surface area contributed by atoms with E-state index in [1.54, 1.807) is 18.2 Å². The topological polar surface area (TPSA) is 21.3 Å². The van der Waals surface area contributed by atoms with E-state index in [4.69, 9.17) is 4.74 Å². The molecule has 1 N–H and O–H groups in total. The van der Waals surface area contributed by atoms with Gasteiger partial charge in [-0.15, -0.1) is 0 Å². The van der Waals surface area contributed by atoms with Crippen LogP contribution in [0, 0.1) is 11.3 Å². The van der Waals surface area contributed by atoms with E-state index in [0.29, 0.717) is 5.92 Å². The van der Waals surface area contributed by atoms with Gasteiger partial charge in [-0.1, -0.05) is 20.8 Å². The van der Waals surface area contributed by atoms with Crippen molar-refractivity contribution in [3.05, 3.63) is 23.8 Å². The molecule has 0 amide bonds. The molecule has 1 heterocycles. The van der Waals surface area contributed by atoms with Gasteiger partial charge in [0.1, 0.15) is 5.75 Å². The smallest absolute Gasteiger partial charge is 0.422 e. The van der Waals surface area contributed by atoms with Gasteiger partial charge < -0.3 is 10.1 Å². The summed E-state index contributed by atoms with van der Waals surface area (Å²) in [6, 6.07) is 5.08. The van der Waals surface area contributed by atoms with Gasteiger partial charge >= 0.3 is 6.18 Å². The highest BCUT2D eigenvalue weighted by Crippen LogP contribution is 2.36. The van der Waals surface area contributed by atoms with Crippen LogP contribution in [-0.2, 0) is 6.42 Å². The minimum Gasteiger partial charge on any atom is -0.484 e. The van der Waals surface area contributed by atoms with Crippen LogP contribution in [0.15, 0.2) is 18.2 Å². The molecule has 20 heavy (non-hydrogen) atoms. The lowest BCUT2D eigenvalue weighted by molar-refractivity contribution is -0.153. The SMILES string of the molecule is CC(C)(C)C1CNc2ccc(OCC(F)(F)F)cc2C1. The predicted octanol–water partition coefficient (Wildman–Crippen LogP) is 4.26. The molecule has 2 nitrogen and oxygen atoms in total. The fourth-order valence-electron chi connectivity index (χ4n) is 2.35. The third-order valence-electron chi connectivity index (χ3n) is 3.71. The Labute approximate surface area is 117 Å². The second kappa shape index (κ2) is 5.19. The Balaban J connectivity index is 2.11. The van der Waals surface area contributed by atoms with Crippen LogP contribution in [0.25, 0.3) is 0 Å². The maximum absolute atomic E-state index is 12.2. The predicted molar refractivity (Wildman–Crippen MR) is 73.1 cm³/mol. The summed E-state index contributed by atoms with van der Waals surface area (Å²) in [4.78, 5) is 0. The molecule has 0 saturated heterocycles. The molecule has 2 rings (SSSR count). The van der Waals surface area contributed by atoms with Crippen LogP contribution in [-0.4, -0.2) is 19.3 Å². The maximum atomic E-state index is 12.2. The van der Waals surface area contributed by atoms with E-state index in [1.807, 2.05) is 0 Å².